The van der Waals surface area contributed by atoms with Crippen LogP contribution in [0, 0.1) is 0 Å². The van der Waals surface area contributed by atoms with Crippen LogP contribution < -0.4 is 4.74 Å². The van der Waals surface area contributed by atoms with Gasteiger partial charge in [0.1, 0.15) is 18.4 Å². The lowest BCUT2D eigenvalue weighted by Gasteiger charge is -2.18. The molecule has 5 heteroatoms. The number of carbonyl (C=O) groups is 2. The molecule has 0 bridgehead atoms. The predicted octanol–water partition coefficient (Wildman–Crippen LogP) is 3.43. The fraction of sp³-hybridized carbons (Fsp3) is 0.158. The maximum atomic E-state index is 12.4. The maximum Gasteiger partial charge on any atom is 0.417 e. The molecule has 1 fully saturated rings. The van der Waals surface area contributed by atoms with Gasteiger partial charge in [-0.2, -0.15) is 0 Å². The van der Waals surface area contributed by atoms with Crippen molar-refractivity contribution in [1.82, 2.24) is 4.90 Å². The number of ether oxygens (including phenoxy) is 2. The first-order chi connectivity index (χ1) is 11.7. The number of carbonyl (C=O) groups excluding carboxylic acids is 2. The molecule has 2 aromatic rings. The molecule has 1 aliphatic heterocycles. The molecule has 1 saturated heterocycles. The zero-order valence-electron chi connectivity index (χ0n) is 13.2. The molecule has 1 atom stereocenters. The summed E-state index contributed by atoms with van der Waals surface area (Å²) in [6.07, 6.45) is 2.42. The van der Waals surface area contributed by atoms with E-state index in [-0.39, 0.29) is 6.61 Å². The van der Waals surface area contributed by atoms with Crippen LogP contribution >= 0.6 is 0 Å². The van der Waals surface area contributed by atoms with Crippen LogP contribution in [0.5, 0.6) is 5.75 Å². The number of nitrogens with zero attached hydrogens (tertiary/aromatic N) is 1. The lowest BCUT2D eigenvalue weighted by Crippen LogP contribution is -2.32. The van der Waals surface area contributed by atoms with Gasteiger partial charge >= 0.3 is 6.09 Å². The summed E-state index contributed by atoms with van der Waals surface area (Å²) in [5.41, 5.74) is 1.71. The van der Waals surface area contributed by atoms with Gasteiger partial charge in [-0.25, -0.2) is 9.69 Å². The minimum Gasteiger partial charge on any atom is -0.497 e. The Labute approximate surface area is 140 Å². The molecule has 3 rings (SSSR count). The summed E-state index contributed by atoms with van der Waals surface area (Å²) in [5, 5.41) is 0. The van der Waals surface area contributed by atoms with Gasteiger partial charge in [-0.1, -0.05) is 42.5 Å². The van der Waals surface area contributed by atoms with E-state index in [1.807, 2.05) is 42.5 Å². The lowest BCUT2D eigenvalue weighted by atomic mass is 10.1. The molecule has 0 radical (unpaired) electrons. The highest BCUT2D eigenvalue weighted by Crippen LogP contribution is 2.28. The Morgan fingerprint density at radius 3 is 2.54 bits per heavy atom. The van der Waals surface area contributed by atoms with Crippen LogP contribution in [0.25, 0.3) is 6.08 Å². The number of cyclic esters (lactones) is 1. The maximum absolute atomic E-state index is 12.4. The van der Waals surface area contributed by atoms with E-state index in [1.165, 1.54) is 6.08 Å². The summed E-state index contributed by atoms with van der Waals surface area (Å²) < 4.78 is 10.1. The molecule has 2 amide bonds. The van der Waals surface area contributed by atoms with Gasteiger partial charge in [0.2, 0.25) is 0 Å². The Balaban J connectivity index is 1.76. The van der Waals surface area contributed by atoms with Crippen molar-refractivity contribution in [2.24, 2.45) is 0 Å². The van der Waals surface area contributed by atoms with E-state index < -0.39 is 18.0 Å². The number of amides is 2. The van der Waals surface area contributed by atoms with Crippen LogP contribution in [0.2, 0.25) is 0 Å². The molecule has 5 nitrogen and oxygen atoms in total. The number of methoxy groups -OCH3 is 1. The summed E-state index contributed by atoms with van der Waals surface area (Å²) in [6, 6.07) is 16.3. The van der Waals surface area contributed by atoms with Crippen molar-refractivity contribution < 1.29 is 19.1 Å². The molecule has 0 saturated carbocycles. The lowest BCUT2D eigenvalue weighted by molar-refractivity contribution is -0.124. The van der Waals surface area contributed by atoms with E-state index in [9.17, 15) is 9.59 Å². The molecule has 0 spiro atoms. The summed E-state index contributed by atoms with van der Waals surface area (Å²) in [6.45, 7) is 0.172. The normalized spacial score (nSPS) is 17.1. The fourth-order valence-electron chi connectivity index (χ4n) is 2.55. The van der Waals surface area contributed by atoms with Crippen molar-refractivity contribution in [3.63, 3.8) is 0 Å². The Kier molecular flexibility index (Phi) is 4.61. The molecule has 1 heterocycles. The van der Waals surface area contributed by atoms with Crippen LogP contribution in [-0.4, -0.2) is 30.6 Å². The van der Waals surface area contributed by atoms with E-state index in [0.717, 1.165) is 21.8 Å². The number of hydrogen-bond acceptors (Lipinski definition) is 4. The van der Waals surface area contributed by atoms with Crippen molar-refractivity contribution in [2.75, 3.05) is 13.7 Å². The van der Waals surface area contributed by atoms with E-state index in [2.05, 4.69) is 0 Å². The van der Waals surface area contributed by atoms with Gasteiger partial charge in [0, 0.05) is 6.08 Å². The van der Waals surface area contributed by atoms with E-state index >= 15 is 0 Å². The predicted molar refractivity (Wildman–Crippen MR) is 89.4 cm³/mol. The monoisotopic (exact) mass is 323 g/mol. The number of rotatable bonds is 4. The minimum absolute atomic E-state index is 0.172. The summed E-state index contributed by atoms with van der Waals surface area (Å²) in [4.78, 5) is 25.5. The third-order valence-corrected chi connectivity index (χ3v) is 3.83. The Morgan fingerprint density at radius 1 is 1.17 bits per heavy atom. The largest absolute Gasteiger partial charge is 0.497 e. The van der Waals surface area contributed by atoms with E-state index in [1.54, 1.807) is 25.3 Å². The molecule has 122 valence electrons. The molecule has 0 aliphatic carbocycles. The minimum atomic E-state index is -0.617. The standard InChI is InChI=1S/C19H17NO4/c1-23-16-10-7-14(8-11-16)9-12-18(21)20-17(13-24-19(20)22)15-5-3-2-4-6-15/h2-12,17H,13H2,1H3/b12-9+. The highest BCUT2D eigenvalue weighted by Gasteiger charge is 2.37. The third-order valence-electron chi connectivity index (χ3n) is 3.83. The molecule has 1 aliphatic rings. The highest BCUT2D eigenvalue weighted by atomic mass is 16.6. The van der Waals surface area contributed by atoms with Crippen molar-refractivity contribution >= 4 is 18.1 Å². The zero-order valence-corrected chi connectivity index (χ0v) is 13.2. The van der Waals surface area contributed by atoms with E-state index in [4.69, 9.17) is 9.47 Å². The van der Waals surface area contributed by atoms with Crippen molar-refractivity contribution in [3.8, 4) is 5.75 Å². The summed E-state index contributed by atoms with van der Waals surface area (Å²) >= 11 is 0. The molecule has 2 aromatic carbocycles. The second-order valence-corrected chi connectivity index (χ2v) is 5.32. The summed E-state index contributed by atoms with van der Waals surface area (Å²) in [5.74, 6) is 0.341. The number of hydrogen-bond donors (Lipinski definition) is 0. The average Bonchev–Trinajstić information content (AvgIpc) is 3.02. The molecular weight excluding hydrogens is 306 g/mol. The van der Waals surface area contributed by atoms with Gasteiger partial charge in [-0.3, -0.25) is 4.79 Å². The van der Waals surface area contributed by atoms with Crippen LogP contribution in [0.1, 0.15) is 17.2 Å². The fourth-order valence-corrected chi connectivity index (χ4v) is 2.55. The Morgan fingerprint density at radius 2 is 1.88 bits per heavy atom. The topological polar surface area (TPSA) is 55.8 Å². The Bertz CT molecular complexity index is 753. The molecule has 1 unspecified atom stereocenters. The second kappa shape index (κ2) is 7.00. The van der Waals surface area contributed by atoms with Crippen LogP contribution in [0.4, 0.5) is 4.79 Å². The van der Waals surface area contributed by atoms with Crippen molar-refractivity contribution in [1.29, 1.82) is 0 Å². The molecule has 0 N–H and O–H groups in total. The van der Waals surface area contributed by atoms with Crippen molar-refractivity contribution in [3.05, 3.63) is 71.8 Å². The third kappa shape index (κ3) is 3.30. The smallest absolute Gasteiger partial charge is 0.417 e. The number of imide groups is 1. The second-order valence-electron chi connectivity index (χ2n) is 5.32. The van der Waals surface area contributed by atoms with Gasteiger partial charge in [0.25, 0.3) is 5.91 Å². The van der Waals surface area contributed by atoms with E-state index in [0.29, 0.717) is 0 Å². The van der Waals surface area contributed by atoms with Gasteiger partial charge in [0.15, 0.2) is 0 Å². The van der Waals surface area contributed by atoms with Crippen molar-refractivity contribution in [2.45, 2.75) is 6.04 Å². The van der Waals surface area contributed by atoms with Crippen LogP contribution in [0.3, 0.4) is 0 Å². The average molecular weight is 323 g/mol. The molecule has 24 heavy (non-hydrogen) atoms. The first-order valence-corrected chi connectivity index (χ1v) is 7.56. The first kappa shape index (κ1) is 15.8. The highest BCUT2D eigenvalue weighted by molar-refractivity contribution is 6.02. The quantitative estimate of drug-likeness (QED) is 0.809. The van der Waals surface area contributed by atoms with Crippen LogP contribution in [0.15, 0.2) is 60.7 Å². The summed E-state index contributed by atoms with van der Waals surface area (Å²) in [7, 11) is 1.59. The SMILES string of the molecule is COc1ccc(/C=C/C(=O)N2C(=O)OCC2c2ccccc2)cc1. The molecule has 0 aromatic heterocycles. The van der Waals surface area contributed by atoms with Gasteiger partial charge in [0.05, 0.1) is 7.11 Å². The zero-order chi connectivity index (χ0) is 16.9. The number of benzene rings is 2. The van der Waals surface area contributed by atoms with Gasteiger partial charge in [-0.15, -0.1) is 0 Å². The van der Waals surface area contributed by atoms with Gasteiger partial charge < -0.3 is 9.47 Å². The Hall–Kier alpha value is -3.08. The van der Waals surface area contributed by atoms with Crippen LogP contribution in [-0.2, 0) is 9.53 Å². The molecular formula is C19H17NO4. The van der Waals surface area contributed by atoms with Gasteiger partial charge in [-0.05, 0) is 29.3 Å². The first-order valence-electron chi connectivity index (χ1n) is 7.56.